The van der Waals surface area contributed by atoms with Crippen molar-refractivity contribution >= 4 is 11.8 Å². The quantitative estimate of drug-likeness (QED) is 0.0587. The van der Waals surface area contributed by atoms with Crippen molar-refractivity contribution in [1.29, 1.82) is 0 Å². The number of carbonyl (C=O) groups excluding carboxylic acids is 2. The molecular weight excluding hydrogens is 600 g/mol. The van der Waals surface area contributed by atoms with Gasteiger partial charge in [-0.25, -0.2) is 17.6 Å². The molecule has 0 atom stereocenters. The van der Waals surface area contributed by atoms with Crippen molar-refractivity contribution in [3.8, 4) is 11.5 Å². The van der Waals surface area contributed by atoms with Crippen molar-refractivity contribution in [3.05, 3.63) is 58.2 Å². The van der Waals surface area contributed by atoms with E-state index in [2.05, 4.69) is 16.4 Å². The zero-order valence-corrected chi connectivity index (χ0v) is 26.5. The van der Waals surface area contributed by atoms with Crippen LogP contribution < -0.4 is 9.47 Å². The van der Waals surface area contributed by atoms with Gasteiger partial charge in [0, 0.05) is 6.54 Å². The lowest BCUT2D eigenvalue weighted by molar-refractivity contribution is 0.0605. The number of imide groups is 1. The van der Waals surface area contributed by atoms with Crippen LogP contribution in [0.3, 0.4) is 0 Å². The lowest BCUT2D eigenvalue weighted by Crippen LogP contribution is -2.39. The van der Waals surface area contributed by atoms with Gasteiger partial charge < -0.3 is 9.47 Å². The fourth-order valence-electron chi connectivity index (χ4n) is 5.23. The molecule has 11 heteroatoms. The molecule has 2 aromatic carbocycles. The molecule has 5 nitrogen and oxygen atoms in total. The highest BCUT2D eigenvalue weighted by Gasteiger charge is 2.33. The maximum Gasteiger partial charge on any atom is 0.263 e. The summed E-state index contributed by atoms with van der Waals surface area (Å²) in [5.41, 5.74) is -2.10. The van der Waals surface area contributed by atoms with E-state index < -0.39 is 69.3 Å². The maximum atomic E-state index is 14.9. The minimum atomic E-state index is -1.68. The molecule has 0 unspecified atom stereocenters. The number of unbranched alkanes of at least 4 members (excludes halogenated alkanes) is 15. The van der Waals surface area contributed by atoms with Crippen LogP contribution in [0.1, 0.15) is 130 Å². The Kier molecular flexibility index (Phi) is 16.9. The monoisotopic (exact) mass is 645 g/mol. The number of methoxy groups -OCH3 is 2. The Balaban J connectivity index is 1.99. The van der Waals surface area contributed by atoms with Crippen LogP contribution in [0.25, 0.3) is 0 Å². The van der Waals surface area contributed by atoms with Crippen LogP contribution in [-0.2, 0) is 0 Å². The zero-order chi connectivity index (χ0) is 33.4. The number of ether oxygens (including phenoxy) is 2. The molecule has 0 saturated heterocycles. The Labute approximate surface area is 262 Å². The Morgan fingerprint density at radius 2 is 0.844 bits per heavy atom. The van der Waals surface area contributed by atoms with E-state index in [-0.39, 0.29) is 25.1 Å². The third-order valence-electron chi connectivity index (χ3n) is 7.83. The van der Waals surface area contributed by atoms with E-state index in [4.69, 9.17) is 0 Å². The predicted molar refractivity (Wildman–Crippen MR) is 161 cm³/mol. The van der Waals surface area contributed by atoms with Crippen molar-refractivity contribution in [3.63, 3.8) is 0 Å². The van der Waals surface area contributed by atoms with Crippen LogP contribution in [0.15, 0.2) is 12.1 Å². The average molecular weight is 646 g/mol. The van der Waals surface area contributed by atoms with Crippen LogP contribution in [0.5, 0.6) is 11.5 Å². The van der Waals surface area contributed by atoms with Gasteiger partial charge in [0.2, 0.25) is 11.6 Å². The highest BCUT2D eigenvalue weighted by Crippen LogP contribution is 2.31. The second-order valence-electron chi connectivity index (χ2n) is 11.2. The first-order valence-electron chi connectivity index (χ1n) is 15.9. The van der Waals surface area contributed by atoms with E-state index in [1.165, 1.54) is 57.8 Å². The van der Waals surface area contributed by atoms with Gasteiger partial charge in [-0.2, -0.15) is 8.78 Å². The zero-order valence-electron chi connectivity index (χ0n) is 26.5. The fraction of sp³-hybridized carbons (Fsp3) is 0.588. The first kappa shape index (κ1) is 37.9. The Morgan fingerprint density at radius 3 is 1.16 bits per heavy atom. The van der Waals surface area contributed by atoms with E-state index >= 15 is 0 Å². The van der Waals surface area contributed by atoms with Gasteiger partial charge in [-0.05, 0) is 18.6 Å². The van der Waals surface area contributed by atoms with Gasteiger partial charge in [0.15, 0.2) is 34.8 Å². The van der Waals surface area contributed by atoms with Crippen LogP contribution in [0, 0.1) is 34.9 Å². The van der Waals surface area contributed by atoms with E-state index in [1.54, 1.807) is 0 Å². The van der Waals surface area contributed by atoms with Crippen molar-refractivity contribution < 1.29 is 45.4 Å². The molecule has 2 aromatic rings. The molecule has 0 bridgehead atoms. The smallest absolute Gasteiger partial charge is 0.263 e. The number of carbonyl (C=O) groups is 2. The van der Waals surface area contributed by atoms with E-state index in [0.717, 1.165) is 46.3 Å². The van der Waals surface area contributed by atoms with Crippen molar-refractivity contribution in [2.75, 3.05) is 20.8 Å². The van der Waals surface area contributed by atoms with Crippen LogP contribution >= 0.6 is 0 Å². The van der Waals surface area contributed by atoms with Gasteiger partial charge in [-0.15, -0.1) is 0 Å². The summed E-state index contributed by atoms with van der Waals surface area (Å²) >= 11 is 0. The summed E-state index contributed by atoms with van der Waals surface area (Å²) in [6.07, 6.45) is 17.2. The molecule has 0 fully saturated rings. The Hall–Kier alpha value is -3.24. The summed E-state index contributed by atoms with van der Waals surface area (Å²) in [4.78, 5) is 27.0. The summed E-state index contributed by atoms with van der Waals surface area (Å²) < 4.78 is 95.3. The van der Waals surface area contributed by atoms with Gasteiger partial charge in [-0.1, -0.05) is 103 Å². The summed E-state index contributed by atoms with van der Waals surface area (Å²) in [5, 5.41) is 0. The molecular formula is C34H45F6NO4. The number of rotatable bonds is 21. The molecule has 45 heavy (non-hydrogen) atoms. The maximum absolute atomic E-state index is 14.9. The molecule has 0 aliphatic rings. The topological polar surface area (TPSA) is 55.8 Å². The average Bonchev–Trinajstić information content (AvgIpc) is 3.02. The van der Waals surface area contributed by atoms with Gasteiger partial charge in [0.1, 0.15) is 0 Å². The molecule has 0 N–H and O–H groups in total. The van der Waals surface area contributed by atoms with Crippen LogP contribution in [0.4, 0.5) is 26.3 Å². The second kappa shape index (κ2) is 20.0. The van der Waals surface area contributed by atoms with E-state index in [9.17, 15) is 35.9 Å². The largest absolute Gasteiger partial charge is 0.491 e. The predicted octanol–water partition coefficient (Wildman–Crippen LogP) is 10.1. The van der Waals surface area contributed by atoms with Crippen molar-refractivity contribution in [2.45, 2.75) is 110 Å². The Bertz CT molecular complexity index is 1180. The highest BCUT2D eigenvalue weighted by atomic mass is 19.2. The minimum Gasteiger partial charge on any atom is -0.491 e. The molecule has 0 aliphatic carbocycles. The molecule has 0 aromatic heterocycles. The second-order valence-corrected chi connectivity index (χ2v) is 11.2. The van der Waals surface area contributed by atoms with Crippen LogP contribution in [0.2, 0.25) is 0 Å². The number of halogens is 6. The molecule has 0 spiro atoms. The molecule has 2 amide bonds. The molecule has 0 aliphatic heterocycles. The SMILES string of the molecule is CCCCCCCCCCCCCCCCCCN(C(=O)c1cc(F)c(F)c(OC)c1F)C(=O)c1cc(F)c(F)c(OC)c1F. The fourth-order valence-corrected chi connectivity index (χ4v) is 5.23. The normalized spacial score (nSPS) is 11.1. The van der Waals surface area contributed by atoms with Crippen molar-refractivity contribution in [1.82, 2.24) is 4.90 Å². The highest BCUT2D eigenvalue weighted by molar-refractivity contribution is 6.10. The molecule has 2 rings (SSSR count). The third kappa shape index (κ3) is 11.0. The number of nitrogens with zero attached hydrogens (tertiary/aromatic N) is 1. The third-order valence-corrected chi connectivity index (χ3v) is 7.83. The lowest BCUT2D eigenvalue weighted by Gasteiger charge is -2.22. The summed E-state index contributed by atoms with van der Waals surface area (Å²) in [5.74, 6) is -15.0. The molecule has 0 radical (unpaired) electrons. The standard InChI is InChI=1S/C34H45F6NO4/c1-4-5-6-7-8-9-10-11-12-13-14-15-16-17-18-19-20-41(33(42)23-21-25(35)29(39)31(44-2)27(23)37)34(43)24-22-26(36)30(40)32(45-3)28(24)38/h21-22H,4-20H2,1-3H3. The first-order chi connectivity index (χ1) is 21.6. The van der Waals surface area contributed by atoms with Gasteiger partial charge in [0.05, 0.1) is 25.3 Å². The number of hydrogen-bond acceptors (Lipinski definition) is 4. The summed E-state index contributed by atoms with van der Waals surface area (Å²) in [6.45, 7) is 1.84. The van der Waals surface area contributed by atoms with Gasteiger partial charge in [-0.3, -0.25) is 14.5 Å². The lowest BCUT2D eigenvalue weighted by atomic mass is 10.0. The van der Waals surface area contributed by atoms with Crippen LogP contribution in [-0.4, -0.2) is 37.5 Å². The molecule has 0 saturated carbocycles. The molecule has 0 heterocycles. The number of benzene rings is 2. The first-order valence-corrected chi connectivity index (χ1v) is 15.9. The van der Waals surface area contributed by atoms with E-state index in [0.29, 0.717) is 11.3 Å². The van der Waals surface area contributed by atoms with Gasteiger partial charge in [0.25, 0.3) is 11.8 Å². The molecule has 252 valence electrons. The number of amides is 2. The summed E-state index contributed by atoms with van der Waals surface area (Å²) in [7, 11) is 1.72. The minimum absolute atomic E-state index is 0.209. The summed E-state index contributed by atoms with van der Waals surface area (Å²) in [6, 6.07) is 0.511. The van der Waals surface area contributed by atoms with Crippen molar-refractivity contribution in [2.24, 2.45) is 0 Å². The Morgan fingerprint density at radius 1 is 0.533 bits per heavy atom. The van der Waals surface area contributed by atoms with Gasteiger partial charge >= 0.3 is 0 Å². The van der Waals surface area contributed by atoms with E-state index in [1.807, 2.05) is 0 Å². The number of hydrogen-bond donors (Lipinski definition) is 0.